The normalized spacial score (nSPS) is 14.7. The van der Waals surface area contributed by atoms with Crippen molar-refractivity contribution in [3.63, 3.8) is 0 Å². The molecule has 0 unspecified atom stereocenters. The molecule has 0 atom stereocenters. The molecule has 0 radical (unpaired) electrons. The van der Waals surface area contributed by atoms with Crippen LogP contribution in [0, 0.1) is 5.92 Å². The summed E-state index contributed by atoms with van der Waals surface area (Å²) >= 11 is 6.12. The number of hydrogen-bond acceptors (Lipinski definition) is 3. The highest BCUT2D eigenvalue weighted by molar-refractivity contribution is 6.33. The number of pyridine rings is 1. The van der Waals surface area contributed by atoms with Crippen LogP contribution in [0.15, 0.2) is 12.3 Å². The van der Waals surface area contributed by atoms with Gasteiger partial charge in [-0.15, -0.1) is 0 Å². The van der Waals surface area contributed by atoms with Crippen LogP contribution < -0.4 is 10.6 Å². The van der Waals surface area contributed by atoms with Gasteiger partial charge < -0.3 is 10.6 Å². The molecule has 2 N–H and O–H groups in total. The molecule has 20 heavy (non-hydrogen) atoms. The van der Waals surface area contributed by atoms with Gasteiger partial charge in [-0.2, -0.15) is 0 Å². The zero-order valence-corrected chi connectivity index (χ0v) is 12.7. The molecule has 1 aliphatic carbocycles. The highest BCUT2D eigenvalue weighted by atomic mass is 35.5. The lowest BCUT2D eigenvalue weighted by Gasteiger charge is -2.25. The molecule has 1 fully saturated rings. The van der Waals surface area contributed by atoms with Crippen molar-refractivity contribution in [3.8, 4) is 0 Å². The van der Waals surface area contributed by atoms with Gasteiger partial charge in [0.05, 0.1) is 10.6 Å². The average molecular weight is 296 g/mol. The topological polar surface area (TPSA) is 54.0 Å². The summed E-state index contributed by atoms with van der Waals surface area (Å²) in [6, 6.07) is 1.67. The third kappa shape index (κ3) is 4.10. The van der Waals surface area contributed by atoms with E-state index >= 15 is 0 Å². The van der Waals surface area contributed by atoms with Gasteiger partial charge in [0.2, 0.25) is 0 Å². The Morgan fingerprint density at radius 2 is 2.25 bits per heavy atom. The molecule has 4 nitrogen and oxygen atoms in total. The van der Waals surface area contributed by atoms with Gasteiger partial charge in [-0.25, -0.2) is 4.98 Å². The van der Waals surface area contributed by atoms with Crippen LogP contribution in [0.5, 0.6) is 0 Å². The fourth-order valence-electron chi connectivity index (χ4n) is 2.21. The van der Waals surface area contributed by atoms with E-state index in [0.29, 0.717) is 16.4 Å². The van der Waals surface area contributed by atoms with Crippen molar-refractivity contribution in [1.29, 1.82) is 0 Å². The van der Waals surface area contributed by atoms with E-state index in [2.05, 4.69) is 22.5 Å². The molecule has 1 heterocycles. The standard InChI is InChI=1S/C15H22ClN3O/c1-2-7-17-14-13(16)9-12(10-19-14)15(20)18-8-6-11-4-3-5-11/h9-11H,2-8H2,1H3,(H,17,19)(H,18,20). The van der Waals surface area contributed by atoms with E-state index in [9.17, 15) is 4.79 Å². The van der Waals surface area contributed by atoms with Crippen molar-refractivity contribution in [1.82, 2.24) is 10.3 Å². The maximum Gasteiger partial charge on any atom is 0.252 e. The summed E-state index contributed by atoms with van der Waals surface area (Å²) in [5, 5.41) is 6.55. The van der Waals surface area contributed by atoms with Gasteiger partial charge in [0.1, 0.15) is 5.82 Å². The van der Waals surface area contributed by atoms with Crippen LogP contribution in [0.25, 0.3) is 0 Å². The summed E-state index contributed by atoms with van der Waals surface area (Å²) in [4.78, 5) is 16.2. The molecule has 1 aromatic rings. The van der Waals surface area contributed by atoms with E-state index in [4.69, 9.17) is 11.6 Å². The summed E-state index contributed by atoms with van der Waals surface area (Å²) in [6.45, 7) is 3.63. The molecule has 1 saturated carbocycles. The van der Waals surface area contributed by atoms with Crippen molar-refractivity contribution in [2.45, 2.75) is 39.0 Å². The molecule has 2 rings (SSSR count). The van der Waals surface area contributed by atoms with Crippen molar-refractivity contribution < 1.29 is 4.79 Å². The quantitative estimate of drug-likeness (QED) is 0.810. The summed E-state index contributed by atoms with van der Waals surface area (Å²) in [7, 11) is 0. The van der Waals surface area contributed by atoms with E-state index in [1.165, 1.54) is 19.3 Å². The van der Waals surface area contributed by atoms with Crippen LogP contribution in [0.2, 0.25) is 5.02 Å². The highest BCUT2D eigenvalue weighted by Crippen LogP contribution is 2.28. The smallest absolute Gasteiger partial charge is 0.252 e. The Morgan fingerprint density at radius 1 is 1.45 bits per heavy atom. The van der Waals surface area contributed by atoms with E-state index in [1.54, 1.807) is 12.3 Å². The van der Waals surface area contributed by atoms with Gasteiger partial charge >= 0.3 is 0 Å². The van der Waals surface area contributed by atoms with Crippen LogP contribution >= 0.6 is 11.6 Å². The molecule has 0 aromatic carbocycles. The first-order valence-electron chi connectivity index (χ1n) is 7.38. The van der Waals surface area contributed by atoms with E-state index in [0.717, 1.165) is 31.8 Å². The second-order valence-corrected chi connectivity index (χ2v) is 5.73. The first-order chi connectivity index (χ1) is 9.70. The molecule has 1 amide bonds. The number of anilines is 1. The van der Waals surface area contributed by atoms with Gasteiger partial charge in [0, 0.05) is 19.3 Å². The van der Waals surface area contributed by atoms with E-state index in [-0.39, 0.29) is 5.91 Å². The summed E-state index contributed by atoms with van der Waals surface area (Å²) in [5.41, 5.74) is 0.519. The third-order valence-electron chi connectivity index (χ3n) is 3.71. The zero-order chi connectivity index (χ0) is 14.4. The first-order valence-corrected chi connectivity index (χ1v) is 7.76. The van der Waals surface area contributed by atoms with Crippen molar-refractivity contribution in [2.75, 3.05) is 18.4 Å². The zero-order valence-electron chi connectivity index (χ0n) is 11.9. The molecule has 0 spiro atoms. The summed E-state index contributed by atoms with van der Waals surface area (Å²) in [6.07, 6.45) is 7.60. The lowest BCUT2D eigenvalue weighted by Crippen LogP contribution is -2.27. The second kappa shape index (κ2) is 7.48. The Balaban J connectivity index is 1.84. The monoisotopic (exact) mass is 295 g/mol. The number of carbonyl (C=O) groups excluding carboxylic acids is 1. The van der Waals surface area contributed by atoms with Crippen LogP contribution in [-0.2, 0) is 0 Å². The van der Waals surface area contributed by atoms with Crippen molar-refractivity contribution in [3.05, 3.63) is 22.8 Å². The van der Waals surface area contributed by atoms with Gasteiger partial charge in [-0.1, -0.05) is 37.8 Å². The molecule has 0 bridgehead atoms. The number of nitrogens with one attached hydrogen (secondary N) is 2. The average Bonchev–Trinajstić information content (AvgIpc) is 2.40. The minimum Gasteiger partial charge on any atom is -0.369 e. The number of carbonyl (C=O) groups is 1. The summed E-state index contributed by atoms with van der Waals surface area (Å²) in [5.74, 6) is 1.35. The number of hydrogen-bond donors (Lipinski definition) is 2. The Hall–Kier alpha value is -1.29. The number of aromatic nitrogens is 1. The van der Waals surface area contributed by atoms with Gasteiger partial charge in [0.15, 0.2) is 0 Å². The highest BCUT2D eigenvalue weighted by Gasteiger charge is 2.17. The molecule has 1 aromatic heterocycles. The Bertz CT molecular complexity index is 460. The number of amides is 1. The molecule has 0 saturated heterocycles. The Morgan fingerprint density at radius 3 is 2.85 bits per heavy atom. The molecule has 5 heteroatoms. The molecule has 110 valence electrons. The molecular weight excluding hydrogens is 274 g/mol. The molecular formula is C15H22ClN3O. The minimum atomic E-state index is -0.0965. The van der Waals surface area contributed by atoms with Crippen LogP contribution in [0.3, 0.4) is 0 Å². The van der Waals surface area contributed by atoms with Gasteiger partial charge in [0.25, 0.3) is 5.91 Å². The lowest BCUT2D eigenvalue weighted by atomic mass is 9.83. The number of halogens is 1. The fraction of sp³-hybridized carbons (Fsp3) is 0.600. The lowest BCUT2D eigenvalue weighted by molar-refractivity contribution is 0.0948. The van der Waals surface area contributed by atoms with Crippen molar-refractivity contribution >= 4 is 23.3 Å². The maximum absolute atomic E-state index is 12.0. The Kier molecular flexibility index (Phi) is 5.65. The van der Waals surface area contributed by atoms with Crippen LogP contribution in [-0.4, -0.2) is 24.0 Å². The largest absolute Gasteiger partial charge is 0.369 e. The fourth-order valence-corrected chi connectivity index (χ4v) is 2.44. The first kappa shape index (κ1) is 15.1. The third-order valence-corrected chi connectivity index (χ3v) is 4.00. The maximum atomic E-state index is 12.0. The number of nitrogens with zero attached hydrogens (tertiary/aromatic N) is 1. The van der Waals surface area contributed by atoms with E-state index < -0.39 is 0 Å². The predicted molar refractivity (Wildman–Crippen MR) is 82.3 cm³/mol. The van der Waals surface area contributed by atoms with Crippen LogP contribution in [0.4, 0.5) is 5.82 Å². The van der Waals surface area contributed by atoms with Crippen molar-refractivity contribution in [2.24, 2.45) is 5.92 Å². The van der Waals surface area contributed by atoms with Crippen LogP contribution in [0.1, 0.15) is 49.4 Å². The SMILES string of the molecule is CCCNc1ncc(C(=O)NCCC2CCC2)cc1Cl. The Labute approximate surface area is 125 Å². The summed E-state index contributed by atoms with van der Waals surface area (Å²) < 4.78 is 0. The second-order valence-electron chi connectivity index (χ2n) is 5.32. The molecule has 0 aliphatic heterocycles. The van der Waals surface area contributed by atoms with Gasteiger partial charge in [-0.3, -0.25) is 4.79 Å². The van der Waals surface area contributed by atoms with E-state index in [1.807, 2.05) is 0 Å². The predicted octanol–water partition coefficient (Wildman–Crippen LogP) is 3.48. The molecule has 1 aliphatic rings. The van der Waals surface area contributed by atoms with Gasteiger partial charge in [-0.05, 0) is 24.8 Å². The number of rotatable bonds is 7. The minimum absolute atomic E-state index is 0.0965.